The van der Waals surface area contributed by atoms with Crippen molar-refractivity contribution in [3.63, 3.8) is 0 Å². The number of anilines is 3. The van der Waals surface area contributed by atoms with Gasteiger partial charge < -0.3 is 9.64 Å². The third kappa shape index (κ3) is 6.36. The van der Waals surface area contributed by atoms with Crippen LogP contribution >= 0.6 is 0 Å². The van der Waals surface area contributed by atoms with E-state index in [-0.39, 0.29) is 12.0 Å². The second-order valence-electron chi connectivity index (χ2n) is 16.4. The van der Waals surface area contributed by atoms with Gasteiger partial charge in [0.15, 0.2) is 0 Å². The van der Waals surface area contributed by atoms with Gasteiger partial charge in [0.2, 0.25) is 0 Å². The predicted molar refractivity (Wildman–Crippen MR) is 261 cm³/mol. The quantitative estimate of drug-likeness (QED) is 0.149. The number of ether oxygens (including phenoxy) is 1. The molecule has 1 aliphatic carbocycles. The van der Waals surface area contributed by atoms with E-state index in [1.807, 2.05) is 6.07 Å². The minimum Gasteiger partial charge on any atom is -0.485 e. The van der Waals surface area contributed by atoms with Crippen molar-refractivity contribution in [1.82, 2.24) is 0 Å². The molecule has 12 rings (SSSR count). The minimum absolute atomic E-state index is 0.0442. The first kappa shape index (κ1) is 36.0. The van der Waals surface area contributed by atoms with E-state index in [2.05, 4.69) is 235 Å². The molecule has 10 aromatic rings. The minimum atomic E-state index is 0.0442. The molecule has 0 N–H and O–H groups in total. The van der Waals surface area contributed by atoms with Crippen LogP contribution in [0.1, 0.15) is 17.0 Å². The van der Waals surface area contributed by atoms with Crippen LogP contribution in [0, 0.1) is 0 Å². The fraction of sp³-hybridized carbons (Fsp3) is 0.0333. The van der Waals surface area contributed by atoms with Crippen LogP contribution in [0.4, 0.5) is 17.1 Å². The summed E-state index contributed by atoms with van der Waals surface area (Å²) in [5, 5.41) is 7.55. The van der Waals surface area contributed by atoms with Gasteiger partial charge in [-0.15, -0.1) is 0 Å². The van der Waals surface area contributed by atoms with E-state index in [0.29, 0.717) is 0 Å². The molecule has 0 fully saturated rings. The Hall–Kier alpha value is -7.94. The molecule has 0 radical (unpaired) electrons. The van der Waals surface area contributed by atoms with Gasteiger partial charge in [0, 0.05) is 28.5 Å². The van der Waals surface area contributed by atoms with E-state index >= 15 is 0 Å². The number of rotatable bonds is 7. The average Bonchev–Trinajstić information content (AvgIpc) is 3.72. The molecule has 0 spiro atoms. The number of para-hydroxylation sites is 1. The summed E-state index contributed by atoms with van der Waals surface area (Å²) >= 11 is 0. The van der Waals surface area contributed by atoms with Crippen LogP contribution in [-0.2, 0) is 0 Å². The zero-order valence-electron chi connectivity index (χ0n) is 34.0. The number of nitrogens with zero attached hydrogens (tertiary/aromatic N) is 1. The van der Waals surface area contributed by atoms with Crippen LogP contribution in [0.5, 0.6) is 5.75 Å². The summed E-state index contributed by atoms with van der Waals surface area (Å²) < 4.78 is 6.27. The third-order valence-electron chi connectivity index (χ3n) is 12.8. The lowest BCUT2D eigenvalue weighted by atomic mass is 9.87. The molecule has 0 bridgehead atoms. The van der Waals surface area contributed by atoms with Crippen molar-refractivity contribution >= 4 is 55.0 Å². The topological polar surface area (TPSA) is 12.5 Å². The molecule has 2 unspecified atom stereocenters. The Morgan fingerprint density at radius 2 is 1.00 bits per heavy atom. The van der Waals surface area contributed by atoms with E-state index in [4.69, 9.17) is 4.74 Å². The Kier molecular flexibility index (Phi) is 8.67. The maximum Gasteiger partial charge on any atom is 0.128 e. The van der Waals surface area contributed by atoms with E-state index < -0.39 is 0 Å². The van der Waals surface area contributed by atoms with Crippen LogP contribution in [0.15, 0.2) is 237 Å². The van der Waals surface area contributed by atoms with Gasteiger partial charge in [-0.1, -0.05) is 176 Å². The molecular weight excluding hydrogens is 751 g/mol. The zero-order chi connectivity index (χ0) is 41.0. The normalized spacial score (nSPS) is 15.3. The van der Waals surface area contributed by atoms with Crippen molar-refractivity contribution in [2.24, 2.45) is 0 Å². The fourth-order valence-corrected chi connectivity index (χ4v) is 9.65. The molecule has 0 aromatic heterocycles. The van der Waals surface area contributed by atoms with E-state index in [9.17, 15) is 0 Å². The largest absolute Gasteiger partial charge is 0.485 e. The van der Waals surface area contributed by atoms with Gasteiger partial charge in [-0.25, -0.2) is 0 Å². The highest BCUT2D eigenvalue weighted by Gasteiger charge is 2.33. The van der Waals surface area contributed by atoms with Crippen LogP contribution in [-0.4, -0.2) is 6.10 Å². The van der Waals surface area contributed by atoms with Gasteiger partial charge in [0.05, 0.1) is 0 Å². The number of hydrogen-bond donors (Lipinski definition) is 0. The Bertz CT molecular complexity index is 3390. The molecule has 10 aromatic carbocycles. The first-order valence-electron chi connectivity index (χ1n) is 21.5. The molecular formula is C60H41NO. The van der Waals surface area contributed by atoms with Crippen LogP contribution in [0.2, 0.25) is 0 Å². The number of allylic oxidation sites excluding steroid dienone is 2. The molecule has 62 heavy (non-hydrogen) atoms. The van der Waals surface area contributed by atoms with Crippen LogP contribution < -0.4 is 9.64 Å². The number of hydrogen-bond acceptors (Lipinski definition) is 2. The Labute approximate surface area is 361 Å². The fourth-order valence-electron chi connectivity index (χ4n) is 9.65. The lowest BCUT2D eigenvalue weighted by Crippen LogP contribution is -2.17. The highest BCUT2D eigenvalue weighted by molar-refractivity contribution is 6.12. The van der Waals surface area contributed by atoms with Gasteiger partial charge >= 0.3 is 0 Å². The molecule has 1 aliphatic heterocycles. The van der Waals surface area contributed by atoms with Crippen molar-refractivity contribution in [1.29, 1.82) is 0 Å². The maximum atomic E-state index is 6.27. The lowest BCUT2D eigenvalue weighted by Gasteiger charge is -2.27. The number of benzene rings is 10. The van der Waals surface area contributed by atoms with Gasteiger partial charge in [-0.2, -0.15) is 0 Å². The van der Waals surface area contributed by atoms with Gasteiger partial charge in [0.1, 0.15) is 11.9 Å². The summed E-state index contributed by atoms with van der Waals surface area (Å²) in [5.41, 5.74) is 14.1. The molecule has 1 heterocycles. The van der Waals surface area contributed by atoms with Crippen molar-refractivity contribution in [2.75, 3.05) is 4.90 Å². The molecule has 0 amide bonds. The SMILES string of the molecule is C1=CC2Oc3ccccc3C2C=C1c1ccc(N(c2ccc(-c3cccc(-c4ccc5ccccc5c4)c3)cc2)c2cccc(-c3cccc4c3ccc3ccccc34)c2)cc1. The standard InChI is InChI=1S/C60H41NO/c1-2-12-44-37-47(23-22-40(44)10-1)46-14-7-13-45(36-46)41-24-30-50(31-25-41)61(51-32-26-42(27-33-51)48-29-35-60-58(39-48)57-18-5-6-21-59(57)62-60)52-16-8-15-49(38-52)54-19-9-20-55-53-17-4-3-11-43(53)28-34-56(54)55/h1-39,58,60H. The highest BCUT2D eigenvalue weighted by atomic mass is 16.5. The molecule has 2 aliphatic rings. The van der Waals surface area contributed by atoms with E-state index in [1.165, 1.54) is 82.4 Å². The summed E-state index contributed by atoms with van der Waals surface area (Å²) in [6.07, 6.45) is 6.84. The van der Waals surface area contributed by atoms with Crippen molar-refractivity contribution in [2.45, 2.75) is 12.0 Å². The van der Waals surface area contributed by atoms with Gasteiger partial charge in [-0.05, 0) is 138 Å². The van der Waals surface area contributed by atoms with Crippen molar-refractivity contribution in [3.05, 3.63) is 248 Å². The molecule has 2 nitrogen and oxygen atoms in total. The monoisotopic (exact) mass is 791 g/mol. The third-order valence-corrected chi connectivity index (χ3v) is 12.8. The molecule has 0 saturated carbocycles. The Morgan fingerprint density at radius 3 is 1.85 bits per heavy atom. The first-order valence-corrected chi connectivity index (χ1v) is 21.5. The van der Waals surface area contributed by atoms with Gasteiger partial charge in [0.25, 0.3) is 0 Å². The second-order valence-corrected chi connectivity index (χ2v) is 16.4. The predicted octanol–water partition coefficient (Wildman–Crippen LogP) is 16.1. The Morgan fingerprint density at radius 1 is 0.371 bits per heavy atom. The van der Waals surface area contributed by atoms with Crippen LogP contribution in [0.25, 0.3) is 71.3 Å². The summed E-state index contributed by atoms with van der Waals surface area (Å²) in [7, 11) is 0. The molecule has 0 saturated heterocycles. The number of fused-ring (bicyclic) bond motifs is 7. The summed E-state index contributed by atoms with van der Waals surface area (Å²) in [6, 6.07) is 79.5. The smallest absolute Gasteiger partial charge is 0.128 e. The highest BCUT2D eigenvalue weighted by Crippen LogP contribution is 2.45. The molecule has 2 heteroatoms. The summed E-state index contributed by atoms with van der Waals surface area (Å²) in [5.74, 6) is 1.20. The Balaban J connectivity index is 0.925. The first-order chi connectivity index (χ1) is 30.7. The van der Waals surface area contributed by atoms with E-state index in [1.54, 1.807) is 0 Å². The maximum absolute atomic E-state index is 6.27. The molecule has 292 valence electrons. The zero-order valence-corrected chi connectivity index (χ0v) is 34.0. The van der Waals surface area contributed by atoms with Crippen molar-refractivity contribution < 1.29 is 4.74 Å². The van der Waals surface area contributed by atoms with Crippen molar-refractivity contribution in [3.8, 4) is 39.1 Å². The molecule has 2 atom stereocenters. The summed E-state index contributed by atoms with van der Waals surface area (Å²) in [6.45, 7) is 0. The lowest BCUT2D eigenvalue weighted by molar-refractivity contribution is 0.269. The van der Waals surface area contributed by atoms with E-state index in [0.717, 1.165) is 22.8 Å². The van der Waals surface area contributed by atoms with Gasteiger partial charge in [-0.3, -0.25) is 0 Å². The summed E-state index contributed by atoms with van der Waals surface area (Å²) in [4.78, 5) is 2.38. The van der Waals surface area contributed by atoms with Crippen LogP contribution in [0.3, 0.4) is 0 Å². The second kappa shape index (κ2) is 15.0. The average molecular weight is 792 g/mol.